The number of nitro benzene ring substituents is 1. The van der Waals surface area contributed by atoms with E-state index in [0.717, 1.165) is 11.0 Å². The predicted octanol–water partition coefficient (Wildman–Crippen LogP) is 4.21. The largest absolute Gasteiger partial charge is 0.460 e. The quantitative estimate of drug-likeness (QED) is 0.119. The summed E-state index contributed by atoms with van der Waals surface area (Å²) in [5.41, 5.74) is -0.0524. The van der Waals surface area contributed by atoms with Crippen LogP contribution >= 0.6 is 11.8 Å². The average Bonchev–Trinajstić information content (AvgIpc) is 3.51. The van der Waals surface area contributed by atoms with Gasteiger partial charge in [0.15, 0.2) is 11.5 Å². The molecule has 186 valence electrons. The van der Waals surface area contributed by atoms with E-state index in [1.54, 1.807) is 30.8 Å². The summed E-state index contributed by atoms with van der Waals surface area (Å²) < 4.78 is 32.9. The van der Waals surface area contributed by atoms with Crippen molar-refractivity contribution in [2.24, 2.45) is 0 Å². The molecule has 0 atom stereocenters. The predicted molar refractivity (Wildman–Crippen MR) is 134 cm³/mol. The van der Waals surface area contributed by atoms with Crippen molar-refractivity contribution in [2.75, 3.05) is 17.6 Å². The number of nitrogens with one attached hydrogen (secondary N) is 3. The molecule has 0 bridgehead atoms. The number of aromatic nitrogens is 2. The second-order valence-corrected chi connectivity index (χ2v) is 10.4. The van der Waals surface area contributed by atoms with Gasteiger partial charge in [0.25, 0.3) is 21.6 Å². The third-order valence-electron chi connectivity index (χ3n) is 4.95. The summed E-state index contributed by atoms with van der Waals surface area (Å²) in [5.74, 6) is 0.731. The van der Waals surface area contributed by atoms with Gasteiger partial charge in [-0.25, -0.2) is 13.1 Å². The number of nitrogens with zero attached hydrogens (tertiary/aromatic N) is 2. The van der Waals surface area contributed by atoms with E-state index in [4.69, 9.17) is 4.42 Å². The molecule has 0 unspecified atom stereocenters. The lowest BCUT2D eigenvalue weighted by Gasteiger charge is -2.10. The Hall–Kier alpha value is -4.10. The molecule has 0 aliphatic heterocycles. The number of sulfonamides is 1. The zero-order chi connectivity index (χ0) is 25.7. The van der Waals surface area contributed by atoms with Gasteiger partial charge in [0.1, 0.15) is 17.1 Å². The van der Waals surface area contributed by atoms with E-state index in [1.165, 1.54) is 18.2 Å². The fourth-order valence-electron chi connectivity index (χ4n) is 3.23. The molecule has 3 N–H and O–H groups in total. The first-order valence-corrected chi connectivity index (χ1v) is 13.1. The molecule has 4 aromatic rings. The van der Waals surface area contributed by atoms with Gasteiger partial charge in [-0.2, -0.15) is 5.10 Å². The zero-order valence-corrected chi connectivity index (χ0v) is 20.6. The van der Waals surface area contributed by atoms with Gasteiger partial charge in [-0.3, -0.25) is 20.0 Å². The highest BCUT2D eigenvalue weighted by Crippen LogP contribution is 2.28. The molecule has 0 aliphatic rings. The minimum absolute atomic E-state index is 0.171. The summed E-state index contributed by atoms with van der Waals surface area (Å²) in [6.45, 7) is 2.17. The number of hydrogen-bond acceptors (Lipinski definition) is 9. The van der Waals surface area contributed by atoms with Crippen LogP contribution in [0.2, 0.25) is 0 Å². The minimum Gasteiger partial charge on any atom is -0.460 e. The summed E-state index contributed by atoms with van der Waals surface area (Å²) in [6.07, 6.45) is 0. The fourth-order valence-corrected chi connectivity index (χ4v) is 5.00. The minimum atomic E-state index is -4.41. The van der Waals surface area contributed by atoms with Gasteiger partial charge in [0.2, 0.25) is 0 Å². The number of carbonyl (C=O) groups excluding carboxylic acids is 1. The van der Waals surface area contributed by atoms with E-state index in [0.29, 0.717) is 29.5 Å². The van der Waals surface area contributed by atoms with Crippen molar-refractivity contribution >= 4 is 39.1 Å². The van der Waals surface area contributed by atoms with Gasteiger partial charge in [-0.15, -0.1) is 11.8 Å². The first-order chi connectivity index (χ1) is 17.2. The van der Waals surface area contributed by atoms with Crippen molar-refractivity contribution in [3.05, 3.63) is 88.3 Å². The molecule has 1 amide bonds. The van der Waals surface area contributed by atoms with Crippen LogP contribution in [0.5, 0.6) is 0 Å². The van der Waals surface area contributed by atoms with E-state index in [9.17, 15) is 23.3 Å². The fraction of sp³-hybridized carbons (Fsp3) is 0.130. The Morgan fingerprint density at radius 1 is 1.14 bits per heavy atom. The van der Waals surface area contributed by atoms with Crippen LogP contribution in [0.15, 0.2) is 80.9 Å². The van der Waals surface area contributed by atoms with Crippen molar-refractivity contribution < 1.29 is 22.6 Å². The van der Waals surface area contributed by atoms with Gasteiger partial charge < -0.3 is 9.73 Å². The van der Waals surface area contributed by atoms with Crippen molar-refractivity contribution in [2.45, 2.75) is 16.7 Å². The van der Waals surface area contributed by atoms with Crippen LogP contribution in [0.1, 0.15) is 16.2 Å². The zero-order valence-electron chi connectivity index (χ0n) is 18.9. The number of hydrogen-bond donors (Lipinski definition) is 3. The lowest BCUT2D eigenvalue weighted by atomic mass is 10.2. The molecule has 11 nitrogen and oxygen atoms in total. The van der Waals surface area contributed by atoms with E-state index in [1.807, 2.05) is 35.1 Å². The number of thioether (sulfide) groups is 1. The summed E-state index contributed by atoms with van der Waals surface area (Å²) in [5, 5.41) is 21.0. The molecule has 4 rings (SSSR count). The normalized spacial score (nSPS) is 11.2. The highest BCUT2D eigenvalue weighted by molar-refractivity contribution is 7.99. The second kappa shape index (κ2) is 10.7. The Morgan fingerprint density at radius 2 is 1.92 bits per heavy atom. The highest BCUT2D eigenvalue weighted by atomic mass is 32.2. The molecule has 0 spiro atoms. The molecule has 0 radical (unpaired) electrons. The van der Waals surface area contributed by atoms with Crippen molar-refractivity contribution in [1.29, 1.82) is 0 Å². The van der Waals surface area contributed by atoms with Crippen LogP contribution in [0.25, 0.3) is 11.5 Å². The first kappa shape index (κ1) is 25.0. The summed E-state index contributed by atoms with van der Waals surface area (Å²) >= 11 is 1.58. The number of H-pyrrole nitrogens is 1. The number of anilines is 1. The van der Waals surface area contributed by atoms with Gasteiger partial charge in [0.05, 0.1) is 9.82 Å². The topological polar surface area (TPSA) is 160 Å². The van der Waals surface area contributed by atoms with Crippen molar-refractivity contribution in [3.63, 3.8) is 0 Å². The van der Waals surface area contributed by atoms with E-state index < -0.39 is 31.4 Å². The molecule has 2 aromatic carbocycles. The monoisotopic (exact) mass is 527 g/mol. The molecule has 2 aromatic heterocycles. The van der Waals surface area contributed by atoms with Crippen LogP contribution in [0, 0.1) is 17.0 Å². The Kier molecular flexibility index (Phi) is 7.41. The molecule has 36 heavy (non-hydrogen) atoms. The first-order valence-electron chi connectivity index (χ1n) is 10.6. The Balaban J connectivity index is 1.44. The molecular weight excluding hydrogens is 506 g/mol. The van der Waals surface area contributed by atoms with Crippen LogP contribution < -0.4 is 10.0 Å². The third kappa shape index (κ3) is 5.93. The maximum absolute atomic E-state index is 12.8. The van der Waals surface area contributed by atoms with Crippen molar-refractivity contribution in [3.8, 4) is 11.5 Å². The molecule has 2 heterocycles. The van der Waals surface area contributed by atoms with Crippen LogP contribution in [0.4, 0.5) is 11.4 Å². The number of benzene rings is 2. The van der Waals surface area contributed by atoms with Crippen molar-refractivity contribution in [1.82, 2.24) is 14.9 Å². The van der Waals surface area contributed by atoms with Crippen LogP contribution in [-0.2, 0) is 10.0 Å². The van der Waals surface area contributed by atoms with Crippen LogP contribution in [0.3, 0.4) is 0 Å². The Bertz CT molecular complexity index is 1500. The van der Waals surface area contributed by atoms with Gasteiger partial charge in [-0.05, 0) is 43.3 Å². The number of nitro groups is 1. The SMILES string of the molecule is Cc1ccc(-c2cc(C(=O)NS(=O)(=O)c3ccc(NCCSc4ccccc4)c([N+](=O)[O-])c3)n[nH]2)o1. The Labute approximate surface area is 210 Å². The van der Waals surface area contributed by atoms with Gasteiger partial charge >= 0.3 is 0 Å². The molecule has 0 saturated heterocycles. The smallest absolute Gasteiger partial charge is 0.293 e. The number of furan rings is 1. The Morgan fingerprint density at radius 3 is 2.61 bits per heavy atom. The molecule has 13 heteroatoms. The summed E-state index contributed by atoms with van der Waals surface area (Å²) in [7, 11) is -4.41. The van der Waals surface area contributed by atoms with E-state index in [2.05, 4.69) is 15.5 Å². The highest BCUT2D eigenvalue weighted by Gasteiger charge is 2.25. The molecule has 0 saturated carbocycles. The standard InChI is InChI=1S/C23H21N5O6S2/c1-15-7-10-22(34-15)19-14-20(26-25-19)23(29)27-36(32,33)17-8-9-18(21(13-17)28(30)31)24-11-12-35-16-5-3-2-4-6-16/h2-10,13-14,24H,11-12H2,1H3,(H,25,26)(H,27,29). The summed E-state index contributed by atoms with van der Waals surface area (Å²) in [6, 6.07) is 17.8. The number of amides is 1. The lowest BCUT2D eigenvalue weighted by Crippen LogP contribution is -2.31. The number of aromatic amines is 1. The number of aryl methyl sites for hydroxylation is 1. The lowest BCUT2D eigenvalue weighted by molar-refractivity contribution is -0.384. The molecular formula is C23H21N5O6S2. The molecule has 0 aliphatic carbocycles. The maximum atomic E-state index is 12.8. The second-order valence-electron chi connectivity index (χ2n) is 7.54. The molecule has 0 fully saturated rings. The summed E-state index contributed by atoms with van der Waals surface area (Å²) in [4.78, 5) is 24.1. The number of rotatable bonds is 10. The van der Waals surface area contributed by atoms with Gasteiger partial charge in [0, 0.05) is 29.3 Å². The van der Waals surface area contributed by atoms with Crippen LogP contribution in [-0.4, -0.2) is 41.7 Å². The van der Waals surface area contributed by atoms with E-state index >= 15 is 0 Å². The number of carbonyl (C=O) groups is 1. The van der Waals surface area contributed by atoms with Gasteiger partial charge in [-0.1, -0.05) is 18.2 Å². The average molecular weight is 528 g/mol. The maximum Gasteiger partial charge on any atom is 0.293 e. The third-order valence-corrected chi connectivity index (χ3v) is 7.29. The van der Waals surface area contributed by atoms with E-state index in [-0.39, 0.29) is 11.4 Å².